The van der Waals surface area contributed by atoms with Crippen molar-refractivity contribution in [2.24, 2.45) is 11.8 Å². The maximum absolute atomic E-state index is 13.5. The predicted molar refractivity (Wildman–Crippen MR) is 66.9 cm³/mol. The summed E-state index contributed by atoms with van der Waals surface area (Å²) < 4.78 is 27.1. The highest BCUT2D eigenvalue weighted by Crippen LogP contribution is 2.21. The van der Waals surface area contributed by atoms with Crippen LogP contribution in [0.15, 0.2) is 18.2 Å². The Labute approximate surface area is 102 Å². The molecule has 0 aliphatic carbocycles. The highest BCUT2D eigenvalue weighted by Gasteiger charge is 2.21. The summed E-state index contributed by atoms with van der Waals surface area (Å²) >= 11 is 0. The number of rotatable bonds is 5. The van der Waals surface area contributed by atoms with E-state index in [0.717, 1.165) is 0 Å². The lowest BCUT2D eigenvalue weighted by Gasteiger charge is -2.27. The van der Waals surface area contributed by atoms with Crippen molar-refractivity contribution in [2.75, 3.05) is 7.05 Å². The van der Waals surface area contributed by atoms with Crippen molar-refractivity contribution in [1.82, 2.24) is 5.32 Å². The zero-order chi connectivity index (χ0) is 13.0. The van der Waals surface area contributed by atoms with Gasteiger partial charge < -0.3 is 5.32 Å². The second-order valence-corrected chi connectivity index (χ2v) is 4.90. The van der Waals surface area contributed by atoms with Crippen molar-refractivity contribution >= 4 is 0 Å². The molecular formula is C14H21F2N. The highest BCUT2D eigenvalue weighted by atomic mass is 19.1. The first-order valence-electron chi connectivity index (χ1n) is 6.07. The fourth-order valence-electron chi connectivity index (χ4n) is 1.96. The lowest BCUT2D eigenvalue weighted by molar-refractivity contribution is 0.305. The first-order valence-corrected chi connectivity index (χ1v) is 6.07. The average molecular weight is 241 g/mol. The zero-order valence-electron chi connectivity index (χ0n) is 10.9. The maximum atomic E-state index is 13.5. The number of hydrogen-bond donors (Lipinski definition) is 1. The summed E-state index contributed by atoms with van der Waals surface area (Å²) in [4.78, 5) is 0. The van der Waals surface area contributed by atoms with E-state index >= 15 is 0 Å². The van der Waals surface area contributed by atoms with Crippen LogP contribution in [0.4, 0.5) is 8.78 Å². The molecule has 0 aliphatic rings. The highest BCUT2D eigenvalue weighted by molar-refractivity contribution is 5.20. The second kappa shape index (κ2) is 6.10. The molecule has 0 amide bonds. The molecule has 1 aromatic rings. The van der Waals surface area contributed by atoms with Gasteiger partial charge in [-0.2, -0.15) is 0 Å². The third-order valence-corrected chi connectivity index (χ3v) is 3.54. The van der Waals surface area contributed by atoms with Crippen molar-refractivity contribution in [1.29, 1.82) is 0 Å². The molecule has 2 atom stereocenters. The lowest BCUT2D eigenvalue weighted by atomic mass is 9.86. The molecule has 17 heavy (non-hydrogen) atoms. The van der Waals surface area contributed by atoms with Crippen molar-refractivity contribution in [2.45, 2.75) is 33.2 Å². The minimum atomic E-state index is -0.457. The van der Waals surface area contributed by atoms with E-state index in [9.17, 15) is 8.78 Å². The Kier molecular flexibility index (Phi) is 5.06. The van der Waals surface area contributed by atoms with E-state index in [1.165, 1.54) is 18.2 Å². The molecule has 1 aromatic carbocycles. The number of nitrogens with one attached hydrogen (secondary N) is 1. The van der Waals surface area contributed by atoms with E-state index < -0.39 is 11.6 Å². The van der Waals surface area contributed by atoms with Gasteiger partial charge in [0.2, 0.25) is 0 Å². The van der Waals surface area contributed by atoms with Gasteiger partial charge in [-0.3, -0.25) is 0 Å². The summed E-state index contributed by atoms with van der Waals surface area (Å²) in [6, 6.07) is 4.10. The largest absolute Gasteiger partial charge is 0.316 e. The third-order valence-electron chi connectivity index (χ3n) is 3.54. The minimum Gasteiger partial charge on any atom is -0.316 e. The smallest absolute Gasteiger partial charge is 0.129 e. The quantitative estimate of drug-likeness (QED) is 0.833. The van der Waals surface area contributed by atoms with Crippen molar-refractivity contribution in [3.8, 4) is 0 Å². The van der Waals surface area contributed by atoms with Gasteiger partial charge in [0.1, 0.15) is 11.6 Å². The van der Waals surface area contributed by atoms with E-state index in [2.05, 4.69) is 26.1 Å². The first kappa shape index (κ1) is 14.1. The number of benzene rings is 1. The Balaban J connectivity index is 2.88. The second-order valence-electron chi connectivity index (χ2n) is 4.90. The van der Waals surface area contributed by atoms with Crippen LogP contribution in [-0.4, -0.2) is 13.1 Å². The molecule has 0 aliphatic heterocycles. The topological polar surface area (TPSA) is 12.0 Å². The Morgan fingerprint density at radius 1 is 1.12 bits per heavy atom. The van der Waals surface area contributed by atoms with Crippen LogP contribution >= 0.6 is 0 Å². The molecule has 0 spiro atoms. The monoisotopic (exact) mass is 241 g/mol. The molecule has 0 saturated heterocycles. The van der Waals surface area contributed by atoms with Gasteiger partial charge in [-0.25, -0.2) is 8.78 Å². The summed E-state index contributed by atoms with van der Waals surface area (Å²) in [5.41, 5.74) is 0.180. The van der Waals surface area contributed by atoms with Crippen LogP contribution < -0.4 is 5.32 Å². The molecule has 0 aromatic heterocycles. The van der Waals surface area contributed by atoms with Crippen LogP contribution in [0.1, 0.15) is 26.3 Å². The van der Waals surface area contributed by atoms with Gasteiger partial charge in [0.25, 0.3) is 0 Å². The zero-order valence-corrected chi connectivity index (χ0v) is 10.9. The van der Waals surface area contributed by atoms with Gasteiger partial charge in [-0.1, -0.05) is 26.8 Å². The molecule has 1 rings (SSSR count). The molecular weight excluding hydrogens is 220 g/mol. The molecule has 0 heterocycles. The van der Waals surface area contributed by atoms with Crippen LogP contribution in [-0.2, 0) is 6.42 Å². The van der Waals surface area contributed by atoms with Gasteiger partial charge in [-0.15, -0.1) is 0 Å². The third kappa shape index (κ3) is 3.50. The van der Waals surface area contributed by atoms with Crippen LogP contribution in [0.25, 0.3) is 0 Å². The molecule has 1 N–H and O–H groups in total. The SMILES string of the molecule is CNC(Cc1c(F)cccc1F)C(C)C(C)C. The maximum Gasteiger partial charge on any atom is 0.129 e. The van der Waals surface area contributed by atoms with E-state index in [1.54, 1.807) is 0 Å². The van der Waals surface area contributed by atoms with E-state index in [-0.39, 0.29) is 11.6 Å². The minimum absolute atomic E-state index is 0.0846. The number of hydrogen-bond acceptors (Lipinski definition) is 1. The van der Waals surface area contributed by atoms with Gasteiger partial charge in [0, 0.05) is 11.6 Å². The van der Waals surface area contributed by atoms with Gasteiger partial charge in [-0.05, 0) is 37.4 Å². The summed E-state index contributed by atoms with van der Waals surface area (Å²) in [6.07, 6.45) is 0.383. The number of halogens is 2. The molecule has 96 valence electrons. The van der Waals surface area contributed by atoms with Gasteiger partial charge >= 0.3 is 0 Å². The normalized spacial score (nSPS) is 15.0. The fraction of sp³-hybridized carbons (Fsp3) is 0.571. The molecule has 1 nitrogen and oxygen atoms in total. The summed E-state index contributed by atoms with van der Waals surface area (Å²) in [6.45, 7) is 6.34. The van der Waals surface area contributed by atoms with Crippen LogP contribution in [0.5, 0.6) is 0 Å². The molecule has 3 heteroatoms. The Bertz CT molecular complexity index is 343. The van der Waals surface area contributed by atoms with Gasteiger partial charge in [0.05, 0.1) is 0 Å². The van der Waals surface area contributed by atoms with Crippen LogP contribution in [0.3, 0.4) is 0 Å². The lowest BCUT2D eigenvalue weighted by Crippen LogP contribution is -2.37. The Hall–Kier alpha value is -0.960. The first-order chi connectivity index (χ1) is 7.97. The molecule has 0 radical (unpaired) electrons. The van der Waals surface area contributed by atoms with Crippen LogP contribution in [0.2, 0.25) is 0 Å². The molecule has 2 unspecified atom stereocenters. The van der Waals surface area contributed by atoms with Crippen molar-refractivity contribution < 1.29 is 8.78 Å². The summed E-state index contributed by atoms with van der Waals surface area (Å²) in [7, 11) is 1.84. The average Bonchev–Trinajstić information content (AvgIpc) is 2.28. The Morgan fingerprint density at radius 3 is 2.06 bits per heavy atom. The van der Waals surface area contributed by atoms with Crippen LogP contribution in [0, 0.1) is 23.5 Å². The Morgan fingerprint density at radius 2 is 1.65 bits per heavy atom. The molecule has 0 bridgehead atoms. The van der Waals surface area contributed by atoms with Crippen molar-refractivity contribution in [3.05, 3.63) is 35.4 Å². The van der Waals surface area contributed by atoms with E-state index in [1.807, 2.05) is 7.05 Å². The summed E-state index contributed by atoms with van der Waals surface area (Å²) in [5.74, 6) is -0.0799. The van der Waals surface area contributed by atoms with Crippen molar-refractivity contribution in [3.63, 3.8) is 0 Å². The van der Waals surface area contributed by atoms with E-state index in [4.69, 9.17) is 0 Å². The van der Waals surface area contributed by atoms with E-state index in [0.29, 0.717) is 18.3 Å². The fourth-order valence-corrected chi connectivity index (χ4v) is 1.96. The van der Waals surface area contributed by atoms with Gasteiger partial charge in [0.15, 0.2) is 0 Å². The number of likely N-dealkylation sites (N-methyl/N-ethyl adjacent to an activating group) is 1. The summed E-state index contributed by atoms with van der Waals surface area (Å²) in [5, 5.41) is 3.15. The molecule has 0 fully saturated rings. The predicted octanol–water partition coefficient (Wildman–Crippen LogP) is 3.39. The molecule has 0 saturated carbocycles. The standard InChI is InChI=1S/C14H21F2N/c1-9(2)10(3)14(17-4)8-11-12(15)6-5-7-13(11)16/h5-7,9-10,14,17H,8H2,1-4H3.